The maximum atomic E-state index is 8.35. The Kier molecular flexibility index (Phi) is 4.08. The van der Waals surface area contributed by atoms with Gasteiger partial charge in [0.25, 0.3) is 0 Å². The molecule has 5 rings (SSSR count). The van der Waals surface area contributed by atoms with E-state index in [4.69, 9.17) is 1.37 Å². The molecular weight excluding hydrogens is 350 g/mol. The molecule has 4 aromatic carbocycles. The zero-order valence-corrected chi connectivity index (χ0v) is 16.7. The first-order chi connectivity index (χ1) is 14.5. The summed E-state index contributed by atoms with van der Waals surface area (Å²) in [6.45, 7) is 3.82. The van der Waals surface area contributed by atoms with Crippen LogP contribution >= 0.6 is 0 Å². The molecule has 0 aliphatic rings. The summed E-state index contributed by atoms with van der Waals surface area (Å²) in [5.74, 6) is -0.648. The Morgan fingerprint density at radius 1 is 0.690 bits per heavy atom. The molecule has 0 bridgehead atoms. The quantitative estimate of drug-likeness (QED) is 0.293. The van der Waals surface area contributed by atoms with Crippen LogP contribution in [-0.4, -0.2) is 4.98 Å². The molecule has 0 amide bonds. The van der Waals surface area contributed by atoms with Gasteiger partial charge in [0.05, 0.1) is 5.69 Å². The number of hydrogen-bond acceptors (Lipinski definition) is 1. The number of rotatable bonds is 3. The minimum atomic E-state index is -0.648. The van der Waals surface area contributed by atoms with E-state index in [1.807, 2.05) is 26.0 Å². The minimum Gasteiger partial charge on any atom is -0.256 e. The molecule has 0 saturated carbocycles. The molecule has 1 nitrogen and oxygen atoms in total. The lowest BCUT2D eigenvalue weighted by molar-refractivity contribution is 0.864. The molecule has 29 heavy (non-hydrogen) atoms. The van der Waals surface area contributed by atoms with E-state index in [9.17, 15) is 0 Å². The summed E-state index contributed by atoms with van der Waals surface area (Å²) in [4.78, 5) is 4.59. The van der Waals surface area contributed by atoms with Crippen LogP contribution in [0.3, 0.4) is 0 Å². The molecule has 0 aliphatic heterocycles. The summed E-state index contributed by atoms with van der Waals surface area (Å²) in [6, 6.07) is 32.0. The second-order valence-corrected chi connectivity index (χ2v) is 7.70. The van der Waals surface area contributed by atoms with E-state index in [0.29, 0.717) is 0 Å². The predicted octanol–water partition coefficient (Wildman–Crippen LogP) is 7.85. The van der Waals surface area contributed by atoms with Gasteiger partial charge in [-0.25, -0.2) is 0 Å². The molecule has 0 unspecified atom stereocenters. The Hall–Kier alpha value is -3.45. The number of nitrogens with zero attached hydrogens (tertiary/aromatic N) is 1. The molecule has 140 valence electrons. The smallest absolute Gasteiger partial charge is 0.0705 e. The SMILES string of the molecule is [2H]C(C)(C)c1ccnc(-c2ccc3c(c2)cc(-c2ccccc2)c2ccccc23)c1. The number of aromatic nitrogens is 1. The second-order valence-electron chi connectivity index (χ2n) is 7.70. The molecule has 0 aliphatic carbocycles. The van der Waals surface area contributed by atoms with E-state index < -0.39 is 5.89 Å². The summed E-state index contributed by atoms with van der Waals surface area (Å²) in [5, 5.41) is 4.96. The molecule has 1 heteroatoms. The van der Waals surface area contributed by atoms with Crippen LogP contribution in [-0.2, 0) is 0 Å². The van der Waals surface area contributed by atoms with Crippen molar-refractivity contribution in [1.29, 1.82) is 0 Å². The van der Waals surface area contributed by atoms with Crippen molar-refractivity contribution in [3.05, 3.63) is 103 Å². The summed E-state index contributed by atoms with van der Waals surface area (Å²) >= 11 is 0. The van der Waals surface area contributed by atoms with Crippen molar-refractivity contribution in [3.8, 4) is 22.4 Å². The molecule has 0 spiro atoms. The molecule has 0 fully saturated rings. The average Bonchev–Trinajstić information content (AvgIpc) is 2.78. The van der Waals surface area contributed by atoms with Crippen LogP contribution in [0.25, 0.3) is 43.9 Å². The molecule has 0 atom stereocenters. The van der Waals surface area contributed by atoms with Gasteiger partial charge in [0, 0.05) is 13.1 Å². The van der Waals surface area contributed by atoms with Gasteiger partial charge < -0.3 is 0 Å². The van der Waals surface area contributed by atoms with Crippen LogP contribution < -0.4 is 0 Å². The van der Waals surface area contributed by atoms with Crippen LogP contribution in [0, 0.1) is 0 Å². The fourth-order valence-electron chi connectivity index (χ4n) is 4.03. The normalized spacial score (nSPS) is 12.3. The van der Waals surface area contributed by atoms with Gasteiger partial charge >= 0.3 is 0 Å². The van der Waals surface area contributed by atoms with Crippen LogP contribution in [0.4, 0.5) is 0 Å². The van der Waals surface area contributed by atoms with Crippen molar-refractivity contribution in [2.75, 3.05) is 0 Å². The molecule has 0 saturated heterocycles. The number of benzene rings is 4. The van der Waals surface area contributed by atoms with Gasteiger partial charge in [0.2, 0.25) is 0 Å². The number of pyridine rings is 1. The van der Waals surface area contributed by atoms with E-state index in [1.54, 1.807) is 6.20 Å². The van der Waals surface area contributed by atoms with Crippen LogP contribution in [0.15, 0.2) is 97.2 Å². The minimum absolute atomic E-state index is 0.648. The average molecular weight is 375 g/mol. The van der Waals surface area contributed by atoms with Gasteiger partial charge in [-0.15, -0.1) is 0 Å². The topological polar surface area (TPSA) is 12.9 Å². The summed E-state index contributed by atoms with van der Waals surface area (Å²) in [6.07, 6.45) is 1.81. The van der Waals surface area contributed by atoms with Gasteiger partial charge in [0.15, 0.2) is 0 Å². The highest BCUT2D eigenvalue weighted by molar-refractivity contribution is 6.14. The van der Waals surface area contributed by atoms with Crippen molar-refractivity contribution >= 4 is 21.5 Å². The first kappa shape index (κ1) is 16.5. The van der Waals surface area contributed by atoms with E-state index in [2.05, 4.69) is 83.8 Å². The maximum absolute atomic E-state index is 8.35. The largest absolute Gasteiger partial charge is 0.256 e. The highest BCUT2D eigenvalue weighted by Gasteiger charge is 2.10. The zero-order chi connectivity index (χ0) is 20.7. The molecular formula is C28H23N. The first-order valence-corrected chi connectivity index (χ1v) is 9.98. The zero-order valence-electron chi connectivity index (χ0n) is 17.7. The highest BCUT2D eigenvalue weighted by atomic mass is 14.7. The molecule has 5 aromatic rings. The molecule has 1 aromatic heterocycles. The number of fused-ring (bicyclic) bond motifs is 3. The Bertz CT molecular complexity index is 1360. The summed E-state index contributed by atoms with van der Waals surface area (Å²) in [5.41, 5.74) is 5.41. The maximum Gasteiger partial charge on any atom is 0.0705 e. The lowest BCUT2D eigenvalue weighted by atomic mass is 9.92. The van der Waals surface area contributed by atoms with Crippen LogP contribution in [0.2, 0.25) is 0 Å². The van der Waals surface area contributed by atoms with Crippen molar-refractivity contribution in [2.24, 2.45) is 0 Å². The van der Waals surface area contributed by atoms with Crippen molar-refractivity contribution in [1.82, 2.24) is 4.98 Å². The fourth-order valence-corrected chi connectivity index (χ4v) is 4.03. The Morgan fingerprint density at radius 2 is 1.45 bits per heavy atom. The van der Waals surface area contributed by atoms with Gasteiger partial charge in [-0.05, 0) is 68.4 Å². The lowest BCUT2D eigenvalue weighted by Gasteiger charge is -2.13. The Labute approximate surface area is 173 Å². The van der Waals surface area contributed by atoms with Crippen LogP contribution in [0.5, 0.6) is 0 Å². The Morgan fingerprint density at radius 3 is 2.24 bits per heavy atom. The monoisotopic (exact) mass is 374 g/mol. The van der Waals surface area contributed by atoms with Gasteiger partial charge in [-0.3, -0.25) is 4.98 Å². The van der Waals surface area contributed by atoms with Crippen LogP contribution in [0.1, 0.15) is 26.7 Å². The van der Waals surface area contributed by atoms with Gasteiger partial charge in [-0.2, -0.15) is 0 Å². The first-order valence-electron chi connectivity index (χ1n) is 10.5. The van der Waals surface area contributed by atoms with Crippen molar-refractivity contribution in [2.45, 2.75) is 19.7 Å². The summed E-state index contributed by atoms with van der Waals surface area (Å²) in [7, 11) is 0. The summed E-state index contributed by atoms with van der Waals surface area (Å²) < 4.78 is 8.35. The third-order valence-corrected chi connectivity index (χ3v) is 5.58. The van der Waals surface area contributed by atoms with E-state index >= 15 is 0 Å². The predicted molar refractivity (Wildman–Crippen MR) is 124 cm³/mol. The highest BCUT2D eigenvalue weighted by Crippen LogP contribution is 2.36. The molecule has 0 N–H and O–H groups in total. The van der Waals surface area contributed by atoms with Crippen molar-refractivity contribution < 1.29 is 1.37 Å². The molecule has 1 heterocycles. The van der Waals surface area contributed by atoms with Gasteiger partial charge in [0.1, 0.15) is 0 Å². The Balaban J connectivity index is 1.75. The number of hydrogen-bond donors (Lipinski definition) is 0. The lowest BCUT2D eigenvalue weighted by Crippen LogP contribution is -1.91. The second kappa shape index (κ2) is 7.18. The third kappa shape index (κ3) is 3.19. The fraction of sp³-hybridized carbons (Fsp3) is 0.107. The third-order valence-electron chi connectivity index (χ3n) is 5.58. The van der Waals surface area contributed by atoms with E-state index in [0.717, 1.165) is 16.8 Å². The van der Waals surface area contributed by atoms with Crippen molar-refractivity contribution in [3.63, 3.8) is 0 Å². The van der Waals surface area contributed by atoms with Gasteiger partial charge in [-0.1, -0.05) is 80.6 Å². The molecule has 0 radical (unpaired) electrons. The van der Waals surface area contributed by atoms with E-state index in [1.165, 1.54) is 32.7 Å². The van der Waals surface area contributed by atoms with E-state index in [-0.39, 0.29) is 0 Å². The standard InChI is InChI=1S/C28H23N/c1-19(2)21-14-15-29-28(18-21)22-12-13-24-23(16-22)17-27(20-8-4-3-5-9-20)26-11-7-6-10-25(24)26/h3-19H,1-2H3/i19D.